The minimum Gasteiger partial charge on any atom is -0.385 e. The molecule has 1 rings (SSSR count). The third-order valence-corrected chi connectivity index (χ3v) is 3.32. The fourth-order valence-electron chi connectivity index (χ4n) is 1.98. The second-order valence-electron chi connectivity index (χ2n) is 4.92. The molecule has 1 aromatic carbocycles. The summed E-state index contributed by atoms with van der Waals surface area (Å²) in [5.74, 6) is 0. The minimum absolute atomic E-state index is 0.174. The lowest BCUT2D eigenvalue weighted by Gasteiger charge is -2.27. The third kappa shape index (κ3) is 7.02. The van der Waals surface area contributed by atoms with Gasteiger partial charge in [-0.15, -0.1) is 0 Å². The summed E-state index contributed by atoms with van der Waals surface area (Å²) in [6.07, 6.45) is 1.36. The van der Waals surface area contributed by atoms with Crippen molar-refractivity contribution in [1.29, 1.82) is 0 Å². The summed E-state index contributed by atoms with van der Waals surface area (Å²) in [6, 6.07) is 9.46. The van der Waals surface area contributed by atoms with Gasteiger partial charge in [-0.2, -0.15) is 0 Å². The largest absolute Gasteiger partial charge is 0.385 e. The average molecular weight is 297 g/mol. The second-order valence-corrected chi connectivity index (χ2v) is 4.92. The van der Waals surface area contributed by atoms with Crippen molar-refractivity contribution in [1.82, 2.24) is 0 Å². The molecule has 0 fully saturated rings. The van der Waals surface area contributed by atoms with Crippen LogP contribution in [0.1, 0.15) is 18.4 Å². The summed E-state index contributed by atoms with van der Waals surface area (Å²) in [5, 5.41) is 10.5. The van der Waals surface area contributed by atoms with Crippen LogP contribution in [0, 0.1) is 0 Å². The number of hydrogen-bond donors (Lipinski definition) is 2. The summed E-state index contributed by atoms with van der Waals surface area (Å²) in [7, 11) is 1.68. The van der Waals surface area contributed by atoms with Crippen LogP contribution in [0.2, 0.25) is 0 Å². The van der Waals surface area contributed by atoms with Gasteiger partial charge in [-0.05, 0) is 12.0 Å². The smallest absolute Gasteiger partial charge is 0.104 e. The van der Waals surface area contributed by atoms with Crippen LogP contribution in [0.4, 0.5) is 0 Å². The maximum absolute atomic E-state index is 10.5. The third-order valence-electron chi connectivity index (χ3n) is 3.32. The Morgan fingerprint density at radius 3 is 2.29 bits per heavy atom. The molecule has 0 amide bonds. The lowest BCUT2D eigenvalue weighted by atomic mass is 9.91. The highest BCUT2D eigenvalue weighted by atomic mass is 16.5. The van der Waals surface area contributed by atoms with Gasteiger partial charge in [0.2, 0.25) is 0 Å². The zero-order valence-corrected chi connectivity index (χ0v) is 12.8. The Balaban J connectivity index is 2.15. The molecule has 3 N–H and O–H groups in total. The number of hydrogen-bond acceptors (Lipinski definition) is 5. The average Bonchev–Trinajstić information content (AvgIpc) is 2.54. The van der Waals surface area contributed by atoms with Crippen LogP contribution in [0.25, 0.3) is 0 Å². The highest BCUT2D eigenvalue weighted by molar-refractivity contribution is 5.22. The monoisotopic (exact) mass is 297 g/mol. The van der Waals surface area contributed by atoms with E-state index in [1.807, 2.05) is 30.3 Å². The summed E-state index contributed by atoms with van der Waals surface area (Å²) in [5.41, 5.74) is 5.50. The number of methoxy groups -OCH3 is 1. The van der Waals surface area contributed by atoms with E-state index in [9.17, 15) is 5.11 Å². The molecule has 21 heavy (non-hydrogen) atoms. The zero-order valence-electron chi connectivity index (χ0n) is 12.8. The van der Waals surface area contributed by atoms with E-state index in [-0.39, 0.29) is 6.54 Å². The predicted octanol–water partition coefficient (Wildman–Crippen LogP) is 1.29. The standard InChI is InChI=1S/C16H27NO4/c1-19-9-5-10-20-12-13-21-11-8-16(18,14-17)15-6-3-2-4-7-15/h2-4,6-7,18H,5,8-14,17H2,1H3. The summed E-state index contributed by atoms with van der Waals surface area (Å²) in [6.45, 7) is 3.08. The molecule has 0 saturated heterocycles. The van der Waals surface area contributed by atoms with Crippen molar-refractivity contribution in [2.24, 2.45) is 5.73 Å². The molecule has 1 atom stereocenters. The Bertz CT molecular complexity index is 361. The molecule has 0 bridgehead atoms. The quantitative estimate of drug-likeness (QED) is 0.569. The Hall–Kier alpha value is -0.980. The molecule has 5 heteroatoms. The minimum atomic E-state index is -1.03. The van der Waals surface area contributed by atoms with E-state index in [0.717, 1.165) is 12.0 Å². The van der Waals surface area contributed by atoms with E-state index in [1.54, 1.807) is 7.11 Å². The maximum atomic E-state index is 10.5. The van der Waals surface area contributed by atoms with Crippen molar-refractivity contribution in [3.05, 3.63) is 35.9 Å². The molecule has 1 aromatic rings. The van der Waals surface area contributed by atoms with Gasteiger partial charge in [0.05, 0.1) is 13.2 Å². The summed E-state index contributed by atoms with van der Waals surface area (Å²) < 4.78 is 15.8. The van der Waals surface area contributed by atoms with Crippen LogP contribution in [-0.2, 0) is 19.8 Å². The van der Waals surface area contributed by atoms with E-state index >= 15 is 0 Å². The van der Waals surface area contributed by atoms with Gasteiger partial charge in [0.25, 0.3) is 0 Å². The fourth-order valence-corrected chi connectivity index (χ4v) is 1.98. The molecule has 120 valence electrons. The van der Waals surface area contributed by atoms with Crippen LogP contribution < -0.4 is 5.73 Å². The highest BCUT2D eigenvalue weighted by Gasteiger charge is 2.26. The number of ether oxygens (including phenoxy) is 3. The van der Waals surface area contributed by atoms with Gasteiger partial charge in [-0.3, -0.25) is 0 Å². The van der Waals surface area contributed by atoms with E-state index in [4.69, 9.17) is 19.9 Å². The molecular weight excluding hydrogens is 270 g/mol. The summed E-state index contributed by atoms with van der Waals surface area (Å²) in [4.78, 5) is 0. The molecule has 5 nitrogen and oxygen atoms in total. The van der Waals surface area contributed by atoms with Gasteiger partial charge in [-0.25, -0.2) is 0 Å². The van der Waals surface area contributed by atoms with Gasteiger partial charge in [0, 0.05) is 39.9 Å². The number of aliphatic hydroxyl groups is 1. The normalized spacial score (nSPS) is 14.0. The van der Waals surface area contributed by atoms with Crippen LogP contribution in [0.5, 0.6) is 0 Å². The van der Waals surface area contributed by atoms with Gasteiger partial charge < -0.3 is 25.1 Å². The van der Waals surface area contributed by atoms with Crippen LogP contribution in [0.3, 0.4) is 0 Å². The molecule has 0 spiro atoms. The van der Waals surface area contributed by atoms with Crippen molar-refractivity contribution in [3.8, 4) is 0 Å². The number of nitrogens with two attached hydrogens (primary N) is 1. The Labute approximate surface area is 127 Å². The predicted molar refractivity (Wildman–Crippen MR) is 82.1 cm³/mol. The van der Waals surface area contributed by atoms with Gasteiger partial charge >= 0.3 is 0 Å². The van der Waals surface area contributed by atoms with Crippen molar-refractivity contribution in [3.63, 3.8) is 0 Å². The lowest BCUT2D eigenvalue weighted by Crippen LogP contribution is -2.36. The molecular formula is C16H27NO4. The van der Waals surface area contributed by atoms with Crippen LogP contribution >= 0.6 is 0 Å². The first-order chi connectivity index (χ1) is 10.2. The highest BCUT2D eigenvalue weighted by Crippen LogP contribution is 2.23. The molecule has 0 radical (unpaired) electrons. The molecule has 0 aliphatic heterocycles. The van der Waals surface area contributed by atoms with Crippen molar-refractivity contribution in [2.75, 3.05) is 46.7 Å². The lowest BCUT2D eigenvalue weighted by molar-refractivity contribution is -0.0115. The SMILES string of the molecule is COCCCOCCOCCC(O)(CN)c1ccccc1. The van der Waals surface area contributed by atoms with Gasteiger partial charge in [-0.1, -0.05) is 30.3 Å². The maximum Gasteiger partial charge on any atom is 0.104 e. The number of benzene rings is 1. The molecule has 0 aliphatic carbocycles. The molecule has 0 heterocycles. The van der Waals surface area contributed by atoms with Gasteiger partial charge in [0.15, 0.2) is 0 Å². The van der Waals surface area contributed by atoms with E-state index in [2.05, 4.69) is 0 Å². The topological polar surface area (TPSA) is 73.9 Å². The Morgan fingerprint density at radius 1 is 1.00 bits per heavy atom. The van der Waals surface area contributed by atoms with Crippen molar-refractivity contribution in [2.45, 2.75) is 18.4 Å². The first kappa shape index (κ1) is 18.1. The Morgan fingerprint density at radius 2 is 1.67 bits per heavy atom. The van der Waals surface area contributed by atoms with E-state index in [0.29, 0.717) is 39.5 Å². The number of rotatable bonds is 12. The van der Waals surface area contributed by atoms with E-state index < -0.39 is 5.60 Å². The first-order valence-electron chi connectivity index (χ1n) is 7.35. The van der Waals surface area contributed by atoms with Gasteiger partial charge in [0.1, 0.15) is 5.60 Å². The fraction of sp³-hybridized carbons (Fsp3) is 0.625. The van der Waals surface area contributed by atoms with Crippen LogP contribution in [-0.4, -0.2) is 51.8 Å². The molecule has 0 saturated carbocycles. The molecule has 0 aliphatic rings. The Kier molecular flexibility index (Phi) is 9.21. The summed E-state index contributed by atoms with van der Waals surface area (Å²) >= 11 is 0. The zero-order chi connectivity index (χ0) is 15.4. The first-order valence-corrected chi connectivity index (χ1v) is 7.35. The van der Waals surface area contributed by atoms with Crippen molar-refractivity contribution >= 4 is 0 Å². The molecule has 0 aromatic heterocycles. The molecule has 1 unspecified atom stereocenters. The van der Waals surface area contributed by atoms with Crippen LogP contribution in [0.15, 0.2) is 30.3 Å². The van der Waals surface area contributed by atoms with Crippen molar-refractivity contribution < 1.29 is 19.3 Å². The van der Waals surface area contributed by atoms with E-state index in [1.165, 1.54) is 0 Å². The second kappa shape index (κ2) is 10.7.